The van der Waals surface area contributed by atoms with Gasteiger partial charge >= 0.3 is 0 Å². The van der Waals surface area contributed by atoms with E-state index in [1.807, 2.05) is 0 Å². The van der Waals surface area contributed by atoms with E-state index in [-0.39, 0.29) is 6.54 Å². The predicted octanol–water partition coefficient (Wildman–Crippen LogP) is 0.297. The molecule has 1 aliphatic heterocycles. The van der Waals surface area contributed by atoms with Gasteiger partial charge in [0.05, 0.1) is 18.2 Å². The quantitative estimate of drug-likeness (QED) is 0.259. The van der Waals surface area contributed by atoms with Crippen molar-refractivity contribution >= 4 is 0 Å². The Morgan fingerprint density at radius 3 is 2.38 bits per heavy atom. The standard InChI is InChI=1S/C14H27N3O7/c1-7(18)12(21-5)23-11-8(6-16-17-15)22-13(10(20)9(11)19)24-14(2,3)4/h7-13,18-20H,6H2,1-5H3. The topological polar surface area (TPSA) is 146 Å². The van der Waals surface area contributed by atoms with E-state index < -0.39 is 48.7 Å². The van der Waals surface area contributed by atoms with Crippen LogP contribution < -0.4 is 0 Å². The minimum atomic E-state index is -1.39. The molecule has 1 heterocycles. The van der Waals surface area contributed by atoms with Crippen LogP contribution in [0.3, 0.4) is 0 Å². The molecule has 1 fully saturated rings. The lowest BCUT2D eigenvalue weighted by Crippen LogP contribution is -2.62. The molecule has 0 amide bonds. The van der Waals surface area contributed by atoms with E-state index in [4.69, 9.17) is 24.5 Å². The normalized spacial score (nSPS) is 33.6. The summed E-state index contributed by atoms with van der Waals surface area (Å²) < 4.78 is 21.8. The number of nitrogens with zero attached hydrogens (tertiary/aromatic N) is 3. The zero-order valence-electron chi connectivity index (χ0n) is 14.6. The molecule has 0 aromatic rings. The number of azide groups is 1. The van der Waals surface area contributed by atoms with Gasteiger partial charge in [0.25, 0.3) is 0 Å². The molecular formula is C14H27N3O7. The molecule has 0 aliphatic carbocycles. The monoisotopic (exact) mass is 349 g/mol. The summed E-state index contributed by atoms with van der Waals surface area (Å²) in [6, 6.07) is 0. The van der Waals surface area contributed by atoms with Gasteiger partial charge in [-0.2, -0.15) is 0 Å². The molecule has 10 heteroatoms. The molecular weight excluding hydrogens is 322 g/mol. The second-order valence-corrected chi connectivity index (χ2v) is 6.61. The van der Waals surface area contributed by atoms with Gasteiger partial charge in [0.15, 0.2) is 12.6 Å². The molecule has 7 unspecified atom stereocenters. The summed E-state index contributed by atoms with van der Waals surface area (Å²) in [5, 5.41) is 33.7. The minimum Gasteiger partial charge on any atom is -0.388 e. The van der Waals surface area contributed by atoms with Crippen molar-refractivity contribution in [2.45, 2.75) is 76.4 Å². The summed E-state index contributed by atoms with van der Waals surface area (Å²) in [5.41, 5.74) is 7.90. The van der Waals surface area contributed by atoms with Gasteiger partial charge in [-0.1, -0.05) is 5.11 Å². The van der Waals surface area contributed by atoms with Crippen LogP contribution in [0.25, 0.3) is 10.4 Å². The van der Waals surface area contributed by atoms with E-state index >= 15 is 0 Å². The Bertz CT molecular complexity index is 437. The highest BCUT2D eigenvalue weighted by atomic mass is 16.7. The highest BCUT2D eigenvalue weighted by Gasteiger charge is 2.47. The van der Waals surface area contributed by atoms with Gasteiger partial charge in [-0.3, -0.25) is 0 Å². The van der Waals surface area contributed by atoms with Crippen LogP contribution in [0, 0.1) is 0 Å². The summed E-state index contributed by atoms with van der Waals surface area (Å²) in [7, 11) is 1.33. The van der Waals surface area contributed by atoms with Crippen LogP contribution in [0.1, 0.15) is 27.7 Å². The van der Waals surface area contributed by atoms with Gasteiger partial charge < -0.3 is 34.3 Å². The molecule has 1 saturated heterocycles. The second kappa shape index (κ2) is 8.93. The van der Waals surface area contributed by atoms with Crippen molar-refractivity contribution < 1.29 is 34.3 Å². The Balaban J connectivity index is 2.97. The van der Waals surface area contributed by atoms with Crippen LogP contribution >= 0.6 is 0 Å². The molecule has 7 atom stereocenters. The Morgan fingerprint density at radius 2 is 1.92 bits per heavy atom. The van der Waals surface area contributed by atoms with Crippen molar-refractivity contribution in [3.63, 3.8) is 0 Å². The third-order valence-electron chi connectivity index (χ3n) is 3.35. The minimum absolute atomic E-state index is 0.148. The van der Waals surface area contributed by atoms with Crippen molar-refractivity contribution in [3.8, 4) is 0 Å². The number of aliphatic hydroxyl groups is 3. The first-order valence-electron chi connectivity index (χ1n) is 7.67. The van der Waals surface area contributed by atoms with E-state index in [1.54, 1.807) is 20.8 Å². The Labute approximate surface area is 140 Å². The van der Waals surface area contributed by atoms with Gasteiger partial charge in [-0.05, 0) is 33.2 Å². The molecule has 0 aromatic heterocycles. The predicted molar refractivity (Wildman–Crippen MR) is 82.9 cm³/mol. The first-order chi connectivity index (χ1) is 11.1. The number of ether oxygens (including phenoxy) is 4. The summed E-state index contributed by atoms with van der Waals surface area (Å²) in [6.45, 7) is 6.62. The SMILES string of the molecule is COC(OC1C(CN=[N+]=[N-])OC(OC(C)(C)C)C(O)C1O)C(C)O. The third kappa shape index (κ3) is 5.83. The maximum absolute atomic E-state index is 10.4. The van der Waals surface area contributed by atoms with Crippen LogP contribution in [0.4, 0.5) is 0 Å². The lowest BCUT2D eigenvalue weighted by Gasteiger charge is -2.44. The molecule has 0 bridgehead atoms. The van der Waals surface area contributed by atoms with Gasteiger partial charge in [0.1, 0.15) is 24.4 Å². The molecule has 10 nitrogen and oxygen atoms in total. The highest BCUT2D eigenvalue weighted by molar-refractivity contribution is 4.92. The molecule has 1 rings (SSSR count). The van der Waals surface area contributed by atoms with Crippen LogP contribution in [-0.4, -0.2) is 77.7 Å². The molecule has 0 spiro atoms. The Kier molecular flexibility index (Phi) is 7.84. The smallest absolute Gasteiger partial charge is 0.187 e. The fraction of sp³-hybridized carbons (Fsp3) is 1.00. The second-order valence-electron chi connectivity index (χ2n) is 6.61. The summed E-state index contributed by atoms with van der Waals surface area (Å²) in [4.78, 5) is 2.67. The summed E-state index contributed by atoms with van der Waals surface area (Å²) >= 11 is 0. The molecule has 0 aromatic carbocycles. The zero-order chi connectivity index (χ0) is 18.5. The molecule has 3 N–H and O–H groups in total. The maximum atomic E-state index is 10.4. The first-order valence-corrected chi connectivity index (χ1v) is 7.67. The zero-order valence-corrected chi connectivity index (χ0v) is 14.6. The van der Waals surface area contributed by atoms with E-state index in [9.17, 15) is 15.3 Å². The van der Waals surface area contributed by atoms with E-state index in [0.29, 0.717) is 0 Å². The highest BCUT2D eigenvalue weighted by Crippen LogP contribution is 2.28. The average molecular weight is 349 g/mol. The number of hydrogen-bond donors (Lipinski definition) is 3. The molecule has 0 saturated carbocycles. The molecule has 24 heavy (non-hydrogen) atoms. The summed E-state index contributed by atoms with van der Waals surface area (Å²) in [6.07, 6.45) is -7.89. The number of methoxy groups -OCH3 is 1. The van der Waals surface area contributed by atoms with E-state index in [1.165, 1.54) is 14.0 Å². The largest absolute Gasteiger partial charge is 0.388 e. The van der Waals surface area contributed by atoms with Crippen molar-refractivity contribution in [2.75, 3.05) is 13.7 Å². The third-order valence-corrected chi connectivity index (χ3v) is 3.35. The molecule has 0 radical (unpaired) electrons. The number of rotatable bonds is 7. The van der Waals surface area contributed by atoms with E-state index in [2.05, 4.69) is 10.0 Å². The van der Waals surface area contributed by atoms with Crippen molar-refractivity contribution in [1.82, 2.24) is 0 Å². The number of aliphatic hydroxyl groups excluding tert-OH is 3. The fourth-order valence-corrected chi connectivity index (χ4v) is 2.30. The average Bonchev–Trinajstić information content (AvgIpc) is 2.47. The fourth-order valence-electron chi connectivity index (χ4n) is 2.30. The Morgan fingerprint density at radius 1 is 1.29 bits per heavy atom. The molecule has 140 valence electrons. The number of hydrogen-bond acceptors (Lipinski definition) is 8. The van der Waals surface area contributed by atoms with Crippen LogP contribution in [0.2, 0.25) is 0 Å². The maximum Gasteiger partial charge on any atom is 0.187 e. The Hall–Kier alpha value is -0.970. The van der Waals surface area contributed by atoms with Gasteiger partial charge in [-0.25, -0.2) is 0 Å². The van der Waals surface area contributed by atoms with Crippen molar-refractivity contribution in [1.29, 1.82) is 0 Å². The van der Waals surface area contributed by atoms with Gasteiger partial charge in [0.2, 0.25) is 0 Å². The van der Waals surface area contributed by atoms with E-state index in [0.717, 1.165) is 0 Å². The van der Waals surface area contributed by atoms with Gasteiger partial charge in [-0.15, -0.1) is 0 Å². The van der Waals surface area contributed by atoms with Crippen LogP contribution in [0.5, 0.6) is 0 Å². The lowest BCUT2D eigenvalue weighted by atomic mass is 9.98. The van der Waals surface area contributed by atoms with Crippen LogP contribution in [0.15, 0.2) is 5.11 Å². The van der Waals surface area contributed by atoms with Gasteiger partial charge in [0, 0.05) is 12.0 Å². The molecule has 1 aliphatic rings. The first kappa shape index (κ1) is 21.1. The van der Waals surface area contributed by atoms with Crippen molar-refractivity contribution in [3.05, 3.63) is 10.4 Å². The van der Waals surface area contributed by atoms with Crippen molar-refractivity contribution in [2.24, 2.45) is 5.11 Å². The van der Waals surface area contributed by atoms with Crippen LogP contribution in [-0.2, 0) is 18.9 Å². The summed E-state index contributed by atoms with van der Waals surface area (Å²) in [5.74, 6) is 0. The lowest BCUT2D eigenvalue weighted by molar-refractivity contribution is -0.339.